The van der Waals surface area contributed by atoms with E-state index < -0.39 is 0 Å². The van der Waals surface area contributed by atoms with Crippen LogP contribution in [0.5, 0.6) is 0 Å². The van der Waals surface area contributed by atoms with E-state index in [9.17, 15) is 4.79 Å². The smallest absolute Gasteiger partial charge is 0.316 e. The highest BCUT2D eigenvalue weighted by atomic mass is 16.2. The fraction of sp³-hybridized carbons (Fsp3) is 0.417. The van der Waals surface area contributed by atoms with E-state index in [4.69, 9.17) is 5.73 Å². The number of nitrogens with two attached hydrogens (primary N) is 1. The summed E-state index contributed by atoms with van der Waals surface area (Å²) in [6, 6.07) is 3.66. The second-order valence-electron chi connectivity index (χ2n) is 4.54. The zero-order valence-corrected chi connectivity index (χ0v) is 11.3. The number of hydrogen-bond acceptors (Lipinski definition) is 4. The number of carbonyl (C=O) groups is 1. The third-order valence-electron chi connectivity index (χ3n) is 2.78. The van der Waals surface area contributed by atoms with Gasteiger partial charge in [-0.15, -0.1) is 0 Å². The largest absolute Gasteiger partial charge is 0.369 e. The molecule has 0 saturated carbocycles. The summed E-state index contributed by atoms with van der Waals surface area (Å²) in [6.07, 6.45) is 0. The van der Waals surface area contributed by atoms with Crippen LogP contribution in [0.4, 0.5) is 10.7 Å². The number of nitrogens with zero attached hydrogens (tertiary/aromatic N) is 4. The molecule has 2 heterocycles. The maximum Gasteiger partial charge on any atom is 0.316 e. The molecule has 0 unspecified atom stereocenters. The molecule has 0 fully saturated rings. The minimum atomic E-state index is -0.132. The van der Waals surface area contributed by atoms with Crippen molar-refractivity contribution in [3.63, 3.8) is 0 Å². The van der Waals surface area contributed by atoms with E-state index in [2.05, 4.69) is 15.3 Å². The molecule has 0 aliphatic rings. The molecule has 0 atom stereocenters. The van der Waals surface area contributed by atoms with Gasteiger partial charge >= 0.3 is 6.03 Å². The van der Waals surface area contributed by atoms with Crippen LogP contribution in [0.3, 0.4) is 0 Å². The molecule has 7 nitrogen and oxygen atoms in total. The number of amides is 2. The Labute approximate surface area is 111 Å². The first-order valence-electron chi connectivity index (χ1n) is 6.03. The fourth-order valence-electron chi connectivity index (χ4n) is 1.77. The number of pyridine rings is 1. The summed E-state index contributed by atoms with van der Waals surface area (Å²) in [5.41, 5.74) is 8.29. The van der Waals surface area contributed by atoms with Gasteiger partial charge in [0, 0.05) is 32.9 Å². The van der Waals surface area contributed by atoms with E-state index in [1.165, 1.54) is 4.90 Å². The van der Waals surface area contributed by atoms with Gasteiger partial charge in [-0.05, 0) is 19.1 Å². The predicted octanol–water partition coefficient (Wildman–Crippen LogP) is 0.593. The molecule has 19 heavy (non-hydrogen) atoms. The topological polar surface area (TPSA) is 89.1 Å². The van der Waals surface area contributed by atoms with E-state index in [-0.39, 0.29) is 6.03 Å². The van der Waals surface area contributed by atoms with Crippen molar-refractivity contribution in [2.45, 2.75) is 13.5 Å². The Balaban J connectivity index is 2.14. The Morgan fingerprint density at radius 1 is 1.42 bits per heavy atom. The molecule has 2 rings (SSSR count). The highest BCUT2D eigenvalue weighted by Crippen LogP contribution is 2.15. The number of imidazole rings is 1. The molecule has 0 radical (unpaired) electrons. The average molecular weight is 262 g/mol. The Morgan fingerprint density at radius 2 is 2.16 bits per heavy atom. The summed E-state index contributed by atoms with van der Waals surface area (Å²) in [5, 5.41) is 2.78. The molecular formula is C12H18N6O. The van der Waals surface area contributed by atoms with Crippen molar-refractivity contribution in [3.8, 4) is 0 Å². The van der Waals surface area contributed by atoms with Gasteiger partial charge in [-0.1, -0.05) is 0 Å². The van der Waals surface area contributed by atoms with Crippen LogP contribution in [0.2, 0.25) is 0 Å². The third-order valence-corrected chi connectivity index (χ3v) is 2.78. The van der Waals surface area contributed by atoms with Crippen molar-refractivity contribution >= 4 is 23.1 Å². The predicted molar refractivity (Wildman–Crippen MR) is 73.8 cm³/mol. The molecule has 3 N–H and O–H groups in total. The van der Waals surface area contributed by atoms with Gasteiger partial charge in [-0.2, -0.15) is 0 Å². The number of rotatable bonds is 3. The summed E-state index contributed by atoms with van der Waals surface area (Å²) in [4.78, 5) is 21.6. The Kier molecular flexibility index (Phi) is 3.55. The van der Waals surface area contributed by atoms with Crippen LogP contribution < -0.4 is 11.1 Å². The SMILES string of the molecule is Cc1ccc2nc(N)n(CCNC(=O)N(C)C)c2n1. The normalized spacial score (nSPS) is 10.7. The lowest BCUT2D eigenvalue weighted by Gasteiger charge is -2.12. The molecule has 2 aromatic rings. The van der Waals surface area contributed by atoms with Gasteiger partial charge in [0.2, 0.25) is 5.95 Å². The molecule has 102 valence electrons. The lowest BCUT2D eigenvalue weighted by molar-refractivity contribution is 0.217. The van der Waals surface area contributed by atoms with Crippen molar-refractivity contribution in [3.05, 3.63) is 17.8 Å². The lowest BCUT2D eigenvalue weighted by Crippen LogP contribution is -2.36. The summed E-state index contributed by atoms with van der Waals surface area (Å²) in [7, 11) is 3.39. The quantitative estimate of drug-likeness (QED) is 0.847. The number of aryl methyl sites for hydroxylation is 1. The Morgan fingerprint density at radius 3 is 2.84 bits per heavy atom. The third kappa shape index (κ3) is 2.75. The molecule has 2 aromatic heterocycles. The second kappa shape index (κ2) is 5.13. The lowest BCUT2D eigenvalue weighted by atomic mass is 10.3. The maximum atomic E-state index is 11.4. The van der Waals surface area contributed by atoms with Gasteiger partial charge in [0.15, 0.2) is 5.65 Å². The fourth-order valence-corrected chi connectivity index (χ4v) is 1.77. The van der Waals surface area contributed by atoms with Crippen LogP contribution in [-0.4, -0.2) is 46.1 Å². The molecule has 2 amide bonds. The zero-order chi connectivity index (χ0) is 14.0. The number of fused-ring (bicyclic) bond motifs is 1. The minimum absolute atomic E-state index is 0.132. The molecule has 7 heteroatoms. The van der Waals surface area contributed by atoms with Crippen molar-refractivity contribution < 1.29 is 4.79 Å². The van der Waals surface area contributed by atoms with Crippen molar-refractivity contribution in [2.75, 3.05) is 26.4 Å². The Bertz CT molecular complexity index is 604. The van der Waals surface area contributed by atoms with E-state index in [0.29, 0.717) is 19.0 Å². The zero-order valence-electron chi connectivity index (χ0n) is 11.3. The van der Waals surface area contributed by atoms with Gasteiger partial charge in [0.25, 0.3) is 0 Å². The molecule has 0 aliphatic carbocycles. The molecule has 0 aliphatic heterocycles. The number of aromatic nitrogens is 3. The molecule has 0 bridgehead atoms. The van der Waals surface area contributed by atoms with Gasteiger partial charge < -0.3 is 16.0 Å². The average Bonchev–Trinajstić information content (AvgIpc) is 2.65. The van der Waals surface area contributed by atoms with E-state index in [1.807, 2.05) is 19.1 Å². The number of anilines is 1. The first-order valence-corrected chi connectivity index (χ1v) is 6.03. The van der Waals surface area contributed by atoms with Crippen LogP contribution in [-0.2, 0) is 6.54 Å². The number of carbonyl (C=O) groups excluding carboxylic acids is 1. The molecule has 0 saturated heterocycles. The van der Waals surface area contributed by atoms with E-state index in [1.54, 1.807) is 18.7 Å². The van der Waals surface area contributed by atoms with Crippen LogP contribution in [0, 0.1) is 6.92 Å². The van der Waals surface area contributed by atoms with Crippen molar-refractivity contribution in [1.29, 1.82) is 0 Å². The first-order chi connectivity index (χ1) is 8.99. The maximum absolute atomic E-state index is 11.4. The van der Waals surface area contributed by atoms with Gasteiger partial charge in [-0.3, -0.25) is 4.57 Å². The number of nitrogens with one attached hydrogen (secondary N) is 1. The first kappa shape index (κ1) is 13.1. The van der Waals surface area contributed by atoms with Crippen LogP contribution in [0.15, 0.2) is 12.1 Å². The van der Waals surface area contributed by atoms with Gasteiger partial charge in [0.05, 0.1) is 0 Å². The van der Waals surface area contributed by atoms with E-state index in [0.717, 1.165) is 16.9 Å². The van der Waals surface area contributed by atoms with Crippen LogP contribution in [0.25, 0.3) is 11.2 Å². The monoisotopic (exact) mass is 262 g/mol. The number of nitrogen functional groups attached to an aromatic ring is 1. The summed E-state index contributed by atoms with van der Waals surface area (Å²) in [6.45, 7) is 2.93. The molecular weight excluding hydrogens is 244 g/mol. The number of urea groups is 1. The van der Waals surface area contributed by atoms with Crippen LogP contribution in [0.1, 0.15) is 5.69 Å². The summed E-state index contributed by atoms with van der Waals surface area (Å²) >= 11 is 0. The summed E-state index contributed by atoms with van der Waals surface area (Å²) < 4.78 is 1.80. The van der Waals surface area contributed by atoms with Crippen molar-refractivity contribution in [1.82, 2.24) is 24.8 Å². The van der Waals surface area contributed by atoms with Gasteiger partial charge in [0.1, 0.15) is 5.52 Å². The van der Waals surface area contributed by atoms with Crippen LogP contribution >= 0.6 is 0 Å². The molecule has 0 spiro atoms. The highest BCUT2D eigenvalue weighted by molar-refractivity contribution is 5.75. The van der Waals surface area contributed by atoms with E-state index >= 15 is 0 Å². The summed E-state index contributed by atoms with van der Waals surface area (Å²) in [5.74, 6) is 0.409. The standard InChI is InChI=1S/C12H18N6O/c1-8-4-5-9-10(15-8)18(11(13)16-9)7-6-14-12(19)17(2)3/h4-5H,6-7H2,1-3H3,(H2,13,16)(H,14,19). The second-order valence-corrected chi connectivity index (χ2v) is 4.54. The molecule has 0 aromatic carbocycles. The van der Waals surface area contributed by atoms with Crippen molar-refractivity contribution in [2.24, 2.45) is 0 Å². The Hall–Kier alpha value is -2.31. The highest BCUT2D eigenvalue weighted by Gasteiger charge is 2.10. The van der Waals surface area contributed by atoms with Gasteiger partial charge in [-0.25, -0.2) is 14.8 Å². The minimum Gasteiger partial charge on any atom is -0.369 e. The number of hydrogen-bond donors (Lipinski definition) is 2.